The number of rotatable bonds is 5. The lowest BCUT2D eigenvalue weighted by atomic mass is 10.0. The molecule has 0 unspecified atom stereocenters. The number of benzene rings is 1. The predicted molar refractivity (Wildman–Crippen MR) is 82.7 cm³/mol. The molecule has 2 heterocycles. The molecule has 1 aliphatic rings. The summed E-state index contributed by atoms with van der Waals surface area (Å²) in [5.41, 5.74) is 1.76. The summed E-state index contributed by atoms with van der Waals surface area (Å²) in [4.78, 5) is 2.15. The number of aliphatic hydroxyl groups excluding tert-OH is 1. The van der Waals surface area contributed by atoms with Gasteiger partial charge in [-0.1, -0.05) is 11.2 Å². The normalized spacial score (nSPS) is 21.7. The van der Waals surface area contributed by atoms with Crippen molar-refractivity contribution in [1.82, 2.24) is 10.1 Å². The lowest BCUT2D eigenvalue weighted by molar-refractivity contribution is 0.137. The third-order valence-corrected chi connectivity index (χ3v) is 4.27. The number of likely N-dealkylation sites (tertiary alicyclic amines) is 1. The van der Waals surface area contributed by atoms with Crippen LogP contribution in [-0.2, 0) is 13.0 Å². The molecular formula is C17H21FN2O3. The van der Waals surface area contributed by atoms with Crippen LogP contribution in [0.1, 0.15) is 17.0 Å². The topological polar surface area (TPSA) is 58.7 Å². The van der Waals surface area contributed by atoms with Crippen LogP contribution in [-0.4, -0.2) is 41.5 Å². The SMILES string of the molecule is COc1cc(F)ccc1CN1C[C@@H](Cc2cc(C)no2)[C@@H](O)C1. The van der Waals surface area contributed by atoms with E-state index in [0.717, 1.165) is 23.6 Å². The molecule has 0 saturated carbocycles. The number of aliphatic hydroxyl groups is 1. The molecule has 0 radical (unpaired) electrons. The Balaban J connectivity index is 1.64. The Morgan fingerprint density at radius 3 is 2.91 bits per heavy atom. The first-order valence-corrected chi connectivity index (χ1v) is 7.70. The Morgan fingerprint density at radius 2 is 2.22 bits per heavy atom. The number of β-amino-alcohol motifs (C(OH)–C–C–N with tert-alkyl or cyclic N) is 1. The largest absolute Gasteiger partial charge is 0.496 e. The van der Waals surface area contributed by atoms with Crippen molar-refractivity contribution in [3.8, 4) is 5.75 Å². The number of methoxy groups -OCH3 is 1. The summed E-state index contributed by atoms with van der Waals surface area (Å²) in [6.07, 6.45) is 0.255. The lowest BCUT2D eigenvalue weighted by Gasteiger charge is -2.17. The van der Waals surface area contributed by atoms with Crippen molar-refractivity contribution < 1.29 is 18.8 Å². The molecule has 0 amide bonds. The van der Waals surface area contributed by atoms with Crippen molar-refractivity contribution >= 4 is 0 Å². The van der Waals surface area contributed by atoms with E-state index in [-0.39, 0.29) is 11.7 Å². The van der Waals surface area contributed by atoms with Gasteiger partial charge in [-0.15, -0.1) is 0 Å². The second kappa shape index (κ2) is 6.68. The van der Waals surface area contributed by atoms with E-state index < -0.39 is 6.10 Å². The fraction of sp³-hybridized carbons (Fsp3) is 0.471. The maximum Gasteiger partial charge on any atom is 0.137 e. The van der Waals surface area contributed by atoms with E-state index in [9.17, 15) is 9.50 Å². The minimum atomic E-state index is -0.410. The van der Waals surface area contributed by atoms with Crippen LogP contribution < -0.4 is 4.74 Å². The Hall–Kier alpha value is -1.92. The lowest BCUT2D eigenvalue weighted by Crippen LogP contribution is -2.21. The highest BCUT2D eigenvalue weighted by Crippen LogP contribution is 2.26. The number of hydrogen-bond donors (Lipinski definition) is 1. The molecule has 3 rings (SSSR count). The Kier molecular flexibility index (Phi) is 4.63. The van der Waals surface area contributed by atoms with E-state index in [1.807, 2.05) is 13.0 Å². The zero-order valence-electron chi connectivity index (χ0n) is 13.3. The van der Waals surface area contributed by atoms with Gasteiger partial charge in [0.25, 0.3) is 0 Å². The molecule has 0 spiro atoms. The van der Waals surface area contributed by atoms with E-state index in [4.69, 9.17) is 9.26 Å². The van der Waals surface area contributed by atoms with E-state index >= 15 is 0 Å². The number of ether oxygens (including phenoxy) is 1. The molecule has 6 heteroatoms. The van der Waals surface area contributed by atoms with E-state index in [2.05, 4.69) is 10.1 Å². The molecule has 124 valence electrons. The van der Waals surface area contributed by atoms with Gasteiger partial charge in [-0.3, -0.25) is 4.90 Å². The van der Waals surface area contributed by atoms with Gasteiger partial charge < -0.3 is 14.4 Å². The van der Waals surface area contributed by atoms with Crippen molar-refractivity contribution in [3.05, 3.63) is 47.1 Å². The van der Waals surface area contributed by atoms with Gasteiger partial charge in [0.2, 0.25) is 0 Å². The van der Waals surface area contributed by atoms with Gasteiger partial charge in [0.15, 0.2) is 0 Å². The minimum Gasteiger partial charge on any atom is -0.496 e. The van der Waals surface area contributed by atoms with Gasteiger partial charge in [0, 0.05) is 49.7 Å². The maximum atomic E-state index is 13.3. The molecule has 5 nitrogen and oxygen atoms in total. The fourth-order valence-corrected chi connectivity index (χ4v) is 3.13. The Morgan fingerprint density at radius 1 is 1.39 bits per heavy atom. The number of halogens is 1. The first-order chi connectivity index (χ1) is 11.0. The van der Waals surface area contributed by atoms with Crippen molar-refractivity contribution in [3.63, 3.8) is 0 Å². The summed E-state index contributed by atoms with van der Waals surface area (Å²) in [5.74, 6) is 1.13. The number of nitrogens with zero attached hydrogens (tertiary/aromatic N) is 2. The second-order valence-electron chi connectivity index (χ2n) is 6.12. The average Bonchev–Trinajstić information content (AvgIpc) is 3.07. The van der Waals surface area contributed by atoms with Gasteiger partial charge in [-0.2, -0.15) is 0 Å². The summed E-state index contributed by atoms with van der Waals surface area (Å²) in [6.45, 7) is 3.83. The monoisotopic (exact) mass is 320 g/mol. The molecule has 1 saturated heterocycles. The molecule has 1 aromatic carbocycles. The van der Waals surface area contributed by atoms with Crippen molar-refractivity contribution in [2.24, 2.45) is 5.92 Å². The van der Waals surface area contributed by atoms with E-state index in [0.29, 0.717) is 25.3 Å². The summed E-state index contributed by atoms with van der Waals surface area (Å²) in [7, 11) is 1.53. The van der Waals surface area contributed by atoms with Crippen LogP contribution in [0.4, 0.5) is 4.39 Å². The predicted octanol–water partition coefficient (Wildman–Crippen LogP) is 2.17. The highest BCUT2D eigenvalue weighted by atomic mass is 19.1. The van der Waals surface area contributed by atoms with Gasteiger partial charge in [0.1, 0.15) is 17.3 Å². The zero-order chi connectivity index (χ0) is 16.4. The van der Waals surface area contributed by atoms with Crippen molar-refractivity contribution in [2.45, 2.75) is 26.0 Å². The van der Waals surface area contributed by atoms with Crippen LogP contribution >= 0.6 is 0 Å². The van der Waals surface area contributed by atoms with Gasteiger partial charge in [-0.25, -0.2) is 4.39 Å². The molecule has 0 aliphatic carbocycles. The van der Waals surface area contributed by atoms with Crippen LogP contribution in [0.5, 0.6) is 5.75 Å². The van der Waals surface area contributed by atoms with E-state index in [1.54, 1.807) is 6.07 Å². The molecule has 1 aliphatic heterocycles. The molecular weight excluding hydrogens is 299 g/mol. The highest BCUT2D eigenvalue weighted by molar-refractivity contribution is 5.34. The molecule has 1 aromatic heterocycles. The van der Waals surface area contributed by atoms with Crippen LogP contribution in [0.2, 0.25) is 0 Å². The summed E-state index contributed by atoms with van der Waals surface area (Å²) in [6, 6.07) is 6.45. The second-order valence-corrected chi connectivity index (χ2v) is 6.12. The van der Waals surface area contributed by atoms with Crippen LogP contribution in [0, 0.1) is 18.7 Å². The standard InChI is InChI=1S/C17H21FN2O3/c1-11-5-15(23-19-11)6-13-9-20(10-16(13)21)8-12-3-4-14(18)7-17(12)22-2/h3-5,7,13,16,21H,6,8-10H2,1-2H3/t13-,16+/m1/s1. The van der Waals surface area contributed by atoms with Gasteiger partial charge >= 0.3 is 0 Å². The number of aryl methyl sites for hydroxylation is 1. The molecule has 23 heavy (non-hydrogen) atoms. The molecule has 1 fully saturated rings. The maximum absolute atomic E-state index is 13.3. The molecule has 1 N–H and O–H groups in total. The number of hydrogen-bond acceptors (Lipinski definition) is 5. The van der Waals surface area contributed by atoms with Crippen LogP contribution in [0.3, 0.4) is 0 Å². The summed E-state index contributed by atoms with van der Waals surface area (Å²) in [5, 5.41) is 14.2. The van der Waals surface area contributed by atoms with Gasteiger partial charge in [0.05, 0.1) is 18.9 Å². The molecule has 0 bridgehead atoms. The van der Waals surface area contributed by atoms with Gasteiger partial charge in [-0.05, 0) is 13.0 Å². The zero-order valence-corrected chi connectivity index (χ0v) is 13.3. The van der Waals surface area contributed by atoms with Crippen LogP contribution in [0.15, 0.2) is 28.8 Å². The minimum absolute atomic E-state index is 0.105. The molecule has 2 atom stereocenters. The first kappa shape index (κ1) is 16.0. The third kappa shape index (κ3) is 3.71. The van der Waals surface area contributed by atoms with Crippen molar-refractivity contribution in [1.29, 1.82) is 0 Å². The van der Waals surface area contributed by atoms with Crippen molar-refractivity contribution in [2.75, 3.05) is 20.2 Å². The average molecular weight is 320 g/mol. The summed E-state index contributed by atoms with van der Waals surface area (Å²) < 4.78 is 23.7. The first-order valence-electron chi connectivity index (χ1n) is 7.70. The highest BCUT2D eigenvalue weighted by Gasteiger charge is 2.32. The van der Waals surface area contributed by atoms with Crippen LogP contribution in [0.25, 0.3) is 0 Å². The summed E-state index contributed by atoms with van der Waals surface area (Å²) >= 11 is 0. The van der Waals surface area contributed by atoms with E-state index in [1.165, 1.54) is 19.2 Å². The third-order valence-electron chi connectivity index (χ3n) is 4.27. The Labute approximate surface area is 134 Å². The Bertz CT molecular complexity index is 674. The quantitative estimate of drug-likeness (QED) is 0.915. The smallest absolute Gasteiger partial charge is 0.137 e. The number of aromatic nitrogens is 1. The fourth-order valence-electron chi connectivity index (χ4n) is 3.13. The molecule has 2 aromatic rings.